The summed E-state index contributed by atoms with van der Waals surface area (Å²) in [6.45, 7) is 9.09. The van der Waals surface area contributed by atoms with Gasteiger partial charge in [0.2, 0.25) is 0 Å². The molecule has 0 aromatic carbocycles. The van der Waals surface area contributed by atoms with Crippen LogP contribution in [-0.2, 0) is 13.1 Å². The first-order valence-corrected chi connectivity index (χ1v) is 6.98. The summed E-state index contributed by atoms with van der Waals surface area (Å²) >= 11 is 0. The number of hydrogen-bond donors (Lipinski definition) is 1. The highest BCUT2D eigenvalue weighted by atomic mass is 16.3. The van der Waals surface area contributed by atoms with E-state index in [4.69, 9.17) is 0 Å². The van der Waals surface area contributed by atoms with Gasteiger partial charge in [0.25, 0.3) is 0 Å². The highest BCUT2D eigenvalue weighted by Gasteiger charge is 2.17. The highest BCUT2D eigenvalue weighted by molar-refractivity contribution is 4.86. The van der Waals surface area contributed by atoms with E-state index in [0.29, 0.717) is 12.6 Å². The van der Waals surface area contributed by atoms with Gasteiger partial charge in [-0.15, -0.1) is 0 Å². The molecular weight excluding hydrogens is 228 g/mol. The number of aliphatic hydroxyl groups excluding tert-OH is 1. The summed E-state index contributed by atoms with van der Waals surface area (Å²) < 4.78 is 1.97. The van der Waals surface area contributed by atoms with Crippen LogP contribution >= 0.6 is 0 Å². The lowest BCUT2D eigenvalue weighted by Crippen LogP contribution is -2.37. The van der Waals surface area contributed by atoms with Crippen molar-refractivity contribution in [2.45, 2.75) is 59.2 Å². The number of hydrogen-bond acceptors (Lipinski definition) is 4. The Morgan fingerprint density at radius 2 is 2.06 bits per heavy atom. The van der Waals surface area contributed by atoms with Crippen molar-refractivity contribution in [1.82, 2.24) is 19.7 Å². The molecule has 1 rings (SSSR count). The van der Waals surface area contributed by atoms with Gasteiger partial charge in [0, 0.05) is 19.1 Å². The standard InChI is InChI=1S/C13H26N4O/c1-4-7-17-13(14-11-15-17)10-16(8-9-18)12(5-2)6-3/h11-12,18H,4-10H2,1-3H3. The predicted octanol–water partition coefficient (Wildman–Crippen LogP) is 1.67. The molecule has 0 unspecified atom stereocenters. The third-order valence-corrected chi connectivity index (χ3v) is 3.32. The van der Waals surface area contributed by atoms with E-state index in [1.807, 2.05) is 4.68 Å². The second kappa shape index (κ2) is 8.21. The lowest BCUT2D eigenvalue weighted by atomic mass is 10.1. The van der Waals surface area contributed by atoms with Crippen molar-refractivity contribution in [3.05, 3.63) is 12.2 Å². The second-order valence-electron chi connectivity index (χ2n) is 4.56. The minimum absolute atomic E-state index is 0.193. The summed E-state index contributed by atoms with van der Waals surface area (Å²) in [6.07, 6.45) is 4.87. The van der Waals surface area contributed by atoms with Gasteiger partial charge in [-0.25, -0.2) is 9.67 Å². The first kappa shape index (κ1) is 15.1. The first-order chi connectivity index (χ1) is 8.76. The monoisotopic (exact) mass is 254 g/mol. The van der Waals surface area contributed by atoms with Crippen LogP contribution in [0.1, 0.15) is 45.9 Å². The van der Waals surface area contributed by atoms with Crippen molar-refractivity contribution < 1.29 is 5.11 Å². The van der Waals surface area contributed by atoms with Gasteiger partial charge >= 0.3 is 0 Å². The zero-order valence-corrected chi connectivity index (χ0v) is 11.8. The molecule has 0 saturated heterocycles. The predicted molar refractivity (Wildman–Crippen MR) is 72.2 cm³/mol. The summed E-state index contributed by atoms with van der Waals surface area (Å²) in [5, 5.41) is 13.4. The molecule has 18 heavy (non-hydrogen) atoms. The smallest absolute Gasteiger partial charge is 0.141 e. The van der Waals surface area contributed by atoms with Crippen molar-refractivity contribution >= 4 is 0 Å². The third-order valence-electron chi connectivity index (χ3n) is 3.32. The van der Waals surface area contributed by atoms with Crippen LogP contribution in [0.5, 0.6) is 0 Å². The van der Waals surface area contributed by atoms with Gasteiger partial charge in [0.1, 0.15) is 12.2 Å². The quantitative estimate of drug-likeness (QED) is 0.728. The molecule has 0 spiro atoms. The van der Waals surface area contributed by atoms with Gasteiger partial charge in [-0.3, -0.25) is 4.90 Å². The van der Waals surface area contributed by atoms with E-state index in [1.54, 1.807) is 6.33 Å². The van der Waals surface area contributed by atoms with Crippen molar-refractivity contribution in [2.24, 2.45) is 0 Å². The minimum atomic E-state index is 0.193. The number of aryl methyl sites for hydroxylation is 1. The van der Waals surface area contributed by atoms with E-state index < -0.39 is 0 Å². The maximum Gasteiger partial charge on any atom is 0.141 e. The Morgan fingerprint density at radius 3 is 2.61 bits per heavy atom. The molecule has 1 aromatic heterocycles. The van der Waals surface area contributed by atoms with Crippen LogP contribution in [0.2, 0.25) is 0 Å². The van der Waals surface area contributed by atoms with Gasteiger partial charge < -0.3 is 5.11 Å². The third kappa shape index (κ3) is 4.07. The molecule has 0 aliphatic carbocycles. The number of aromatic nitrogens is 3. The lowest BCUT2D eigenvalue weighted by molar-refractivity contribution is 0.131. The van der Waals surface area contributed by atoms with Crippen LogP contribution in [0.4, 0.5) is 0 Å². The molecule has 0 fully saturated rings. The zero-order valence-electron chi connectivity index (χ0n) is 11.8. The van der Waals surface area contributed by atoms with Gasteiger partial charge in [0.05, 0.1) is 13.2 Å². The van der Waals surface area contributed by atoms with E-state index in [0.717, 1.165) is 38.2 Å². The van der Waals surface area contributed by atoms with E-state index in [-0.39, 0.29) is 6.61 Å². The minimum Gasteiger partial charge on any atom is -0.395 e. The molecule has 0 saturated carbocycles. The Balaban J connectivity index is 2.72. The Labute approximate surface area is 110 Å². The lowest BCUT2D eigenvalue weighted by Gasteiger charge is -2.29. The van der Waals surface area contributed by atoms with Gasteiger partial charge in [-0.1, -0.05) is 20.8 Å². The van der Waals surface area contributed by atoms with E-state index in [1.165, 1.54) is 0 Å². The average molecular weight is 254 g/mol. The molecule has 1 aromatic rings. The maximum atomic E-state index is 9.19. The fraction of sp³-hybridized carbons (Fsp3) is 0.846. The van der Waals surface area contributed by atoms with Gasteiger partial charge in [0.15, 0.2) is 0 Å². The molecule has 104 valence electrons. The molecule has 0 atom stereocenters. The maximum absolute atomic E-state index is 9.19. The molecule has 1 N–H and O–H groups in total. The summed E-state index contributed by atoms with van der Waals surface area (Å²) in [7, 11) is 0. The van der Waals surface area contributed by atoms with E-state index >= 15 is 0 Å². The highest BCUT2D eigenvalue weighted by Crippen LogP contribution is 2.12. The van der Waals surface area contributed by atoms with Crippen molar-refractivity contribution in [1.29, 1.82) is 0 Å². The van der Waals surface area contributed by atoms with Crippen LogP contribution in [-0.4, -0.2) is 44.0 Å². The second-order valence-corrected chi connectivity index (χ2v) is 4.56. The van der Waals surface area contributed by atoms with Crippen LogP contribution < -0.4 is 0 Å². The first-order valence-electron chi connectivity index (χ1n) is 6.98. The molecule has 5 heteroatoms. The van der Waals surface area contributed by atoms with Crippen LogP contribution in [0.25, 0.3) is 0 Å². The molecule has 1 heterocycles. The fourth-order valence-electron chi connectivity index (χ4n) is 2.32. The molecule has 0 bridgehead atoms. The molecule has 0 amide bonds. The van der Waals surface area contributed by atoms with E-state index in [2.05, 4.69) is 35.8 Å². The summed E-state index contributed by atoms with van der Waals surface area (Å²) in [4.78, 5) is 6.64. The Morgan fingerprint density at radius 1 is 1.33 bits per heavy atom. The summed E-state index contributed by atoms with van der Waals surface area (Å²) in [5.74, 6) is 0.997. The normalized spacial score (nSPS) is 11.7. The average Bonchev–Trinajstić information content (AvgIpc) is 2.79. The topological polar surface area (TPSA) is 54.2 Å². The Kier molecular flexibility index (Phi) is 6.90. The Bertz CT molecular complexity index is 323. The van der Waals surface area contributed by atoms with Crippen LogP contribution in [0, 0.1) is 0 Å². The molecular formula is C13H26N4O. The molecule has 0 aliphatic heterocycles. The molecule has 5 nitrogen and oxygen atoms in total. The van der Waals surface area contributed by atoms with Crippen molar-refractivity contribution in [3.8, 4) is 0 Å². The SMILES string of the molecule is CCCn1ncnc1CN(CCO)C(CC)CC. The largest absolute Gasteiger partial charge is 0.395 e. The summed E-state index contributed by atoms with van der Waals surface area (Å²) in [6, 6.07) is 0.504. The van der Waals surface area contributed by atoms with Crippen molar-refractivity contribution in [3.63, 3.8) is 0 Å². The Hall–Kier alpha value is -0.940. The zero-order chi connectivity index (χ0) is 13.4. The summed E-state index contributed by atoms with van der Waals surface area (Å²) in [5.41, 5.74) is 0. The number of rotatable bonds is 9. The van der Waals surface area contributed by atoms with E-state index in [9.17, 15) is 5.11 Å². The number of nitrogens with zero attached hydrogens (tertiary/aromatic N) is 4. The fourth-order valence-corrected chi connectivity index (χ4v) is 2.32. The van der Waals surface area contributed by atoms with Gasteiger partial charge in [-0.2, -0.15) is 5.10 Å². The van der Waals surface area contributed by atoms with Crippen molar-refractivity contribution in [2.75, 3.05) is 13.2 Å². The van der Waals surface area contributed by atoms with Crippen LogP contribution in [0.15, 0.2) is 6.33 Å². The van der Waals surface area contributed by atoms with Gasteiger partial charge in [-0.05, 0) is 19.3 Å². The number of aliphatic hydroxyl groups is 1. The molecule has 0 aliphatic rings. The van der Waals surface area contributed by atoms with Crippen LogP contribution in [0.3, 0.4) is 0 Å². The molecule has 0 radical (unpaired) electrons.